The number of halogens is 1. The van der Waals surface area contributed by atoms with Gasteiger partial charge in [0.25, 0.3) is 0 Å². The molecule has 1 heterocycles. The van der Waals surface area contributed by atoms with Gasteiger partial charge in [0, 0.05) is 26.6 Å². The molecule has 1 atom stereocenters. The van der Waals surface area contributed by atoms with Gasteiger partial charge in [-0.15, -0.1) is 0 Å². The van der Waals surface area contributed by atoms with E-state index in [0.717, 1.165) is 18.9 Å². The molecule has 0 aromatic heterocycles. The molecular weight excluding hydrogens is 417 g/mol. The molecule has 2 rings (SSSR count). The molecule has 0 radical (unpaired) electrons. The van der Waals surface area contributed by atoms with Crippen molar-refractivity contribution < 1.29 is 22.4 Å². The average Bonchev–Trinajstić information content (AvgIpc) is 2.69. The Morgan fingerprint density at radius 2 is 1.93 bits per heavy atom. The normalized spacial score (nSPS) is 16.4. The highest BCUT2D eigenvalue weighted by Gasteiger charge is 2.32. The molecule has 29 heavy (non-hydrogen) atoms. The van der Waals surface area contributed by atoms with Gasteiger partial charge >= 0.3 is 0 Å². The number of rotatable bonds is 9. The highest BCUT2D eigenvalue weighted by molar-refractivity contribution is 7.98. The van der Waals surface area contributed by atoms with Gasteiger partial charge in [-0.05, 0) is 49.3 Å². The van der Waals surface area contributed by atoms with Crippen LogP contribution in [0.3, 0.4) is 0 Å². The number of hydrogen-bond acceptors (Lipinski definition) is 5. The molecule has 0 bridgehead atoms. The molecule has 1 aliphatic rings. The quantitative estimate of drug-likeness (QED) is 0.602. The number of nitrogens with zero attached hydrogens (tertiary/aromatic N) is 1. The van der Waals surface area contributed by atoms with Crippen molar-refractivity contribution in [1.82, 2.24) is 14.9 Å². The molecule has 1 aromatic rings. The number of thioether (sulfide) groups is 1. The first-order valence-corrected chi connectivity index (χ1v) is 12.4. The van der Waals surface area contributed by atoms with E-state index in [1.54, 1.807) is 4.90 Å². The second kappa shape index (κ2) is 10.9. The van der Waals surface area contributed by atoms with Gasteiger partial charge in [-0.1, -0.05) is 12.1 Å². The van der Waals surface area contributed by atoms with Crippen molar-refractivity contribution in [3.05, 3.63) is 30.1 Å². The number of sulfonamides is 1. The van der Waals surface area contributed by atoms with Crippen molar-refractivity contribution in [3.8, 4) is 0 Å². The summed E-state index contributed by atoms with van der Waals surface area (Å²) in [6, 6.07) is 4.17. The van der Waals surface area contributed by atoms with Crippen LogP contribution >= 0.6 is 11.8 Å². The molecule has 162 valence electrons. The van der Waals surface area contributed by atoms with E-state index in [2.05, 4.69) is 10.0 Å². The number of nitrogens with one attached hydrogen (secondary N) is 2. The minimum absolute atomic E-state index is 0.0804. The topological polar surface area (TPSA) is 95.6 Å². The maximum atomic E-state index is 14.0. The Morgan fingerprint density at radius 3 is 2.52 bits per heavy atom. The van der Waals surface area contributed by atoms with Gasteiger partial charge in [-0.2, -0.15) is 16.5 Å². The molecule has 1 fully saturated rings. The van der Waals surface area contributed by atoms with Crippen molar-refractivity contribution in [2.75, 3.05) is 31.6 Å². The maximum absolute atomic E-state index is 14.0. The third-order valence-electron chi connectivity index (χ3n) is 4.90. The Labute approximate surface area is 175 Å². The molecule has 2 N–H and O–H groups in total. The number of benzene rings is 1. The average molecular weight is 446 g/mol. The van der Waals surface area contributed by atoms with Gasteiger partial charge in [0.15, 0.2) is 0 Å². The standard InChI is InChI=1S/C19H28FN3O4S2/c1-14(24)21-13-15-7-10-23(11-8-15)19(25)17(9-12-28-2)22-29(26,27)18-6-4-3-5-16(18)20/h3-6,15,17,22H,7-13H2,1-2H3,(H,21,24). The van der Waals surface area contributed by atoms with E-state index in [4.69, 9.17) is 0 Å². The van der Waals surface area contributed by atoms with Crippen LogP contribution in [0.4, 0.5) is 4.39 Å². The summed E-state index contributed by atoms with van der Waals surface area (Å²) in [7, 11) is -4.16. The predicted molar refractivity (Wildman–Crippen MR) is 111 cm³/mol. The van der Waals surface area contributed by atoms with E-state index in [-0.39, 0.29) is 11.8 Å². The van der Waals surface area contributed by atoms with Gasteiger partial charge in [0.05, 0.1) is 0 Å². The number of hydrogen-bond donors (Lipinski definition) is 2. The second-order valence-corrected chi connectivity index (χ2v) is 9.76. The summed E-state index contributed by atoms with van der Waals surface area (Å²) < 4.78 is 41.7. The third-order valence-corrected chi connectivity index (χ3v) is 7.05. The first kappa shape index (κ1) is 23.6. The van der Waals surface area contributed by atoms with Gasteiger partial charge < -0.3 is 10.2 Å². The van der Waals surface area contributed by atoms with Crippen molar-refractivity contribution in [1.29, 1.82) is 0 Å². The lowest BCUT2D eigenvalue weighted by molar-refractivity contribution is -0.134. The lowest BCUT2D eigenvalue weighted by Gasteiger charge is -2.34. The molecule has 7 nitrogen and oxygen atoms in total. The molecule has 1 unspecified atom stereocenters. The number of carbonyl (C=O) groups excluding carboxylic acids is 2. The zero-order valence-electron chi connectivity index (χ0n) is 16.7. The van der Waals surface area contributed by atoms with Crippen LogP contribution in [0.25, 0.3) is 0 Å². The number of likely N-dealkylation sites (tertiary alicyclic amines) is 1. The van der Waals surface area contributed by atoms with Gasteiger partial charge in [-0.3, -0.25) is 9.59 Å². The second-order valence-electron chi connectivity index (χ2n) is 7.09. The third kappa shape index (κ3) is 6.97. The Kier molecular flexibility index (Phi) is 8.91. The lowest BCUT2D eigenvalue weighted by atomic mass is 9.96. The van der Waals surface area contributed by atoms with E-state index in [1.165, 1.54) is 36.9 Å². The highest BCUT2D eigenvalue weighted by atomic mass is 32.2. The SMILES string of the molecule is CSCCC(NS(=O)(=O)c1ccccc1F)C(=O)N1CCC(CNC(C)=O)CC1. The zero-order chi connectivity index (χ0) is 21.4. The summed E-state index contributed by atoms with van der Waals surface area (Å²) >= 11 is 1.51. The number of piperidine rings is 1. The van der Waals surface area contributed by atoms with Crippen LogP contribution in [0.5, 0.6) is 0 Å². The molecule has 1 aliphatic heterocycles. The molecule has 2 amide bonds. The zero-order valence-corrected chi connectivity index (χ0v) is 18.3. The largest absolute Gasteiger partial charge is 0.356 e. The molecule has 0 spiro atoms. The van der Waals surface area contributed by atoms with Crippen LogP contribution < -0.4 is 10.0 Å². The number of amides is 2. The van der Waals surface area contributed by atoms with E-state index in [1.807, 2.05) is 6.26 Å². The Morgan fingerprint density at radius 1 is 1.28 bits per heavy atom. The molecule has 1 saturated heterocycles. The lowest BCUT2D eigenvalue weighted by Crippen LogP contribution is -2.51. The van der Waals surface area contributed by atoms with Gasteiger partial charge in [0.2, 0.25) is 21.8 Å². The Bertz CT molecular complexity index is 811. The van der Waals surface area contributed by atoms with Crippen LogP contribution in [-0.4, -0.2) is 62.8 Å². The Hall–Kier alpha value is -1.65. The minimum atomic E-state index is -4.16. The first-order chi connectivity index (χ1) is 13.7. The highest BCUT2D eigenvalue weighted by Crippen LogP contribution is 2.20. The van der Waals surface area contributed by atoms with Crippen LogP contribution in [0.2, 0.25) is 0 Å². The van der Waals surface area contributed by atoms with Gasteiger partial charge in [0.1, 0.15) is 16.8 Å². The van der Waals surface area contributed by atoms with Crippen LogP contribution in [0.1, 0.15) is 26.2 Å². The van der Waals surface area contributed by atoms with Crippen molar-refractivity contribution in [2.45, 2.75) is 37.1 Å². The van der Waals surface area contributed by atoms with Crippen LogP contribution in [0, 0.1) is 11.7 Å². The van der Waals surface area contributed by atoms with Crippen LogP contribution in [-0.2, 0) is 19.6 Å². The number of carbonyl (C=O) groups is 2. The smallest absolute Gasteiger partial charge is 0.244 e. The minimum Gasteiger partial charge on any atom is -0.356 e. The fourth-order valence-corrected chi connectivity index (χ4v) is 5.02. The van der Waals surface area contributed by atoms with Crippen molar-refractivity contribution in [2.24, 2.45) is 5.92 Å². The first-order valence-electron chi connectivity index (χ1n) is 9.53. The summed E-state index contributed by atoms with van der Waals surface area (Å²) in [5.74, 6) is -0.340. The van der Waals surface area contributed by atoms with Crippen molar-refractivity contribution in [3.63, 3.8) is 0 Å². The van der Waals surface area contributed by atoms with E-state index < -0.39 is 26.8 Å². The summed E-state index contributed by atoms with van der Waals surface area (Å²) in [5.41, 5.74) is 0. The van der Waals surface area contributed by atoms with Crippen LogP contribution in [0.15, 0.2) is 29.2 Å². The summed E-state index contributed by atoms with van der Waals surface area (Å²) in [5, 5.41) is 2.79. The molecule has 0 aliphatic carbocycles. The molecule has 10 heteroatoms. The Balaban J connectivity index is 2.05. The fraction of sp³-hybridized carbons (Fsp3) is 0.579. The summed E-state index contributed by atoms with van der Waals surface area (Å²) in [4.78, 5) is 25.2. The molecular formula is C19H28FN3O4S2. The predicted octanol–water partition coefficient (Wildman–Crippen LogP) is 1.60. The van der Waals surface area contributed by atoms with Gasteiger partial charge in [-0.25, -0.2) is 12.8 Å². The summed E-state index contributed by atoms with van der Waals surface area (Å²) in [6.07, 6.45) is 3.67. The maximum Gasteiger partial charge on any atom is 0.244 e. The monoisotopic (exact) mass is 445 g/mol. The van der Waals surface area contributed by atoms with E-state index >= 15 is 0 Å². The van der Waals surface area contributed by atoms with E-state index in [0.29, 0.717) is 37.7 Å². The summed E-state index contributed by atoms with van der Waals surface area (Å²) in [6.45, 7) is 3.05. The fourth-order valence-electron chi connectivity index (χ4n) is 3.25. The van der Waals surface area contributed by atoms with E-state index in [9.17, 15) is 22.4 Å². The molecule has 0 saturated carbocycles. The van der Waals surface area contributed by atoms with Crippen molar-refractivity contribution >= 4 is 33.6 Å². The molecule has 1 aromatic carbocycles.